The Bertz CT molecular complexity index is 772. The van der Waals surface area contributed by atoms with Crippen LogP contribution in [-0.2, 0) is 4.74 Å². The fourth-order valence-corrected chi connectivity index (χ4v) is 4.11. The molecule has 0 aromatic heterocycles. The van der Waals surface area contributed by atoms with E-state index in [4.69, 9.17) is 16.3 Å². The second-order valence-electron chi connectivity index (χ2n) is 6.90. The largest absolute Gasteiger partial charge is 0.378 e. The highest BCUT2D eigenvalue weighted by Gasteiger charge is 2.29. The number of nitrogens with zero attached hydrogens (tertiary/aromatic N) is 2. The molecule has 0 radical (unpaired) electrons. The summed E-state index contributed by atoms with van der Waals surface area (Å²) in [6, 6.07) is 15.9. The SMILES string of the molecule is O=C(c1ccc(N2CCOCC2)cc1)N1CC[C@@H](c2ccccc2Cl)C1. The molecule has 0 N–H and O–H groups in total. The molecule has 1 atom stereocenters. The third kappa shape index (κ3) is 3.57. The molecule has 2 aliphatic rings. The van der Waals surface area contributed by atoms with Crippen molar-refractivity contribution in [2.45, 2.75) is 12.3 Å². The van der Waals surface area contributed by atoms with Gasteiger partial charge < -0.3 is 14.5 Å². The third-order valence-corrected chi connectivity index (χ3v) is 5.66. The Morgan fingerprint density at radius 1 is 1.00 bits per heavy atom. The molecule has 136 valence electrons. The summed E-state index contributed by atoms with van der Waals surface area (Å²) in [5, 5.41) is 0.793. The molecule has 4 rings (SSSR count). The van der Waals surface area contributed by atoms with Crippen molar-refractivity contribution in [1.82, 2.24) is 4.90 Å². The Morgan fingerprint density at radius 3 is 2.46 bits per heavy atom. The van der Waals surface area contributed by atoms with Gasteiger partial charge in [0.05, 0.1) is 13.2 Å². The number of morpholine rings is 1. The summed E-state index contributed by atoms with van der Waals surface area (Å²) >= 11 is 6.32. The van der Waals surface area contributed by atoms with Crippen molar-refractivity contribution in [1.29, 1.82) is 0 Å². The molecule has 0 saturated carbocycles. The summed E-state index contributed by atoms with van der Waals surface area (Å²) < 4.78 is 5.39. The van der Waals surface area contributed by atoms with Gasteiger partial charge in [-0.1, -0.05) is 29.8 Å². The van der Waals surface area contributed by atoms with Crippen molar-refractivity contribution in [3.05, 3.63) is 64.7 Å². The van der Waals surface area contributed by atoms with Crippen LogP contribution in [-0.4, -0.2) is 50.2 Å². The fourth-order valence-electron chi connectivity index (χ4n) is 3.82. The number of amides is 1. The van der Waals surface area contributed by atoms with Crippen LogP contribution in [0.4, 0.5) is 5.69 Å². The summed E-state index contributed by atoms with van der Waals surface area (Å²) in [5.74, 6) is 0.424. The number of hydrogen-bond acceptors (Lipinski definition) is 3. The first-order valence-electron chi connectivity index (χ1n) is 9.19. The Labute approximate surface area is 159 Å². The molecule has 2 aliphatic heterocycles. The number of rotatable bonds is 3. The second kappa shape index (κ2) is 7.68. The van der Waals surface area contributed by atoms with Crippen molar-refractivity contribution < 1.29 is 9.53 Å². The van der Waals surface area contributed by atoms with E-state index in [2.05, 4.69) is 11.0 Å². The van der Waals surface area contributed by atoms with Gasteiger partial charge in [-0.15, -0.1) is 0 Å². The van der Waals surface area contributed by atoms with Gasteiger partial charge in [-0.05, 0) is 42.3 Å². The normalized spacial score (nSPS) is 20.4. The lowest BCUT2D eigenvalue weighted by atomic mass is 9.98. The number of anilines is 1. The third-order valence-electron chi connectivity index (χ3n) is 5.31. The van der Waals surface area contributed by atoms with Crippen LogP contribution < -0.4 is 4.90 Å². The topological polar surface area (TPSA) is 32.8 Å². The van der Waals surface area contributed by atoms with Crippen LogP contribution in [0, 0.1) is 0 Å². The highest BCUT2D eigenvalue weighted by atomic mass is 35.5. The quantitative estimate of drug-likeness (QED) is 0.823. The smallest absolute Gasteiger partial charge is 0.253 e. The van der Waals surface area contributed by atoms with Gasteiger partial charge >= 0.3 is 0 Å². The first kappa shape index (κ1) is 17.4. The molecule has 2 heterocycles. The summed E-state index contributed by atoms with van der Waals surface area (Å²) in [6.07, 6.45) is 0.960. The van der Waals surface area contributed by atoms with Crippen molar-refractivity contribution in [2.24, 2.45) is 0 Å². The average Bonchev–Trinajstić information content (AvgIpc) is 3.18. The number of carbonyl (C=O) groups is 1. The van der Waals surface area contributed by atoms with Crippen LogP contribution in [0.5, 0.6) is 0 Å². The van der Waals surface area contributed by atoms with E-state index in [1.54, 1.807) is 0 Å². The van der Waals surface area contributed by atoms with E-state index >= 15 is 0 Å². The minimum Gasteiger partial charge on any atom is -0.378 e. The van der Waals surface area contributed by atoms with Crippen LogP contribution in [0.3, 0.4) is 0 Å². The van der Waals surface area contributed by atoms with Gasteiger partial charge in [0.2, 0.25) is 0 Å². The van der Waals surface area contributed by atoms with E-state index in [-0.39, 0.29) is 5.91 Å². The van der Waals surface area contributed by atoms with Crippen molar-refractivity contribution in [2.75, 3.05) is 44.3 Å². The molecule has 5 heteroatoms. The molecule has 26 heavy (non-hydrogen) atoms. The lowest BCUT2D eigenvalue weighted by Gasteiger charge is -2.29. The first-order chi connectivity index (χ1) is 12.7. The van der Waals surface area contributed by atoms with E-state index in [0.717, 1.165) is 67.7 Å². The Balaban J connectivity index is 1.42. The summed E-state index contributed by atoms with van der Waals surface area (Å²) in [6.45, 7) is 4.83. The standard InChI is InChI=1S/C21H23ClN2O2/c22-20-4-2-1-3-19(20)17-9-10-24(15-17)21(25)16-5-7-18(8-6-16)23-11-13-26-14-12-23/h1-8,17H,9-15H2/t17-/m1/s1. The van der Waals surface area contributed by atoms with Crippen LogP contribution >= 0.6 is 11.6 Å². The highest BCUT2D eigenvalue weighted by Crippen LogP contribution is 2.32. The van der Waals surface area contributed by atoms with Gasteiger partial charge in [0.1, 0.15) is 0 Å². The maximum atomic E-state index is 12.9. The molecular weight excluding hydrogens is 348 g/mol. The molecular formula is C21H23ClN2O2. The zero-order chi connectivity index (χ0) is 17.9. The maximum Gasteiger partial charge on any atom is 0.253 e. The Morgan fingerprint density at radius 2 is 1.73 bits per heavy atom. The van der Waals surface area contributed by atoms with E-state index in [1.165, 1.54) is 0 Å². The molecule has 1 amide bonds. The molecule has 0 bridgehead atoms. The van der Waals surface area contributed by atoms with Crippen LogP contribution in [0.15, 0.2) is 48.5 Å². The summed E-state index contributed by atoms with van der Waals surface area (Å²) in [7, 11) is 0. The van der Waals surface area contributed by atoms with Gasteiger partial charge in [0.15, 0.2) is 0 Å². The molecule has 2 aromatic rings. The van der Waals surface area contributed by atoms with Gasteiger partial charge in [-0.3, -0.25) is 4.79 Å². The van der Waals surface area contributed by atoms with Crippen molar-refractivity contribution in [3.8, 4) is 0 Å². The Kier molecular flexibility index (Phi) is 5.14. The molecule has 0 spiro atoms. The van der Waals surface area contributed by atoms with E-state index in [0.29, 0.717) is 5.92 Å². The molecule has 2 fully saturated rings. The second-order valence-corrected chi connectivity index (χ2v) is 7.31. The average molecular weight is 371 g/mol. The zero-order valence-corrected chi connectivity index (χ0v) is 15.5. The van der Waals surface area contributed by atoms with Crippen molar-refractivity contribution in [3.63, 3.8) is 0 Å². The lowest BCUT2D eigenvalue weighted by molar-refractivity contribution is 0.0790. The van der Waals surface area contributed by atoms with Crippen molar-refractivity contribution >= 4 is 23.2 Å². The number of likely N-dealkylation sites (tertiary alicyclic amines) is 1. The molecule has 2 saturated heterocycles. The van der Waals surface area contributed by atoms with Gasteiger partial charge in [-0.2, -0.15) is 0 Å². The zero-order valence-electron chi connectivity index (χ0n) is 14.7. The van der Waals surface area contributed by atoms with E-state index in [9.17, 15) is 4.79 Å². The summed E-state index contributed by atoms with van der Waals surface area (Å²) in [5.41, 5.74) is 3.05. The van der Waals surface area contributed by atoms with E-state index < -0.39 is 0 Å². The molecule has 0 aliphatic carbocycles. The predicted octanol–water partition coefficient (Wildman–Crippen LogP) is 3.81. The minimum atomic E-state index is 0.105. The summed E-state index contributed by atoms with van der Waals surface area (Å²) in [4.78, 5) is 17.1. The maximum absolute atomic E-state index is 12.9. The predicted molar refractivity (Wildman–Crippen MR) is 104 cm³/mol. The number of benzene rings is 2. The molecule has 0 unspecified atom stereocenters. The lowest BCUT2D eigenvalue weighted by Crippen LogP contribution is -2.36. The van der Waals surface area contributed by atoms with Gasteiger partial charge in [0, 0.05) is 48.4 Å². The highest BCUT2D eigenvalue weighted by molar-refractivity contribution is 6.31. The molecule has 2 aromatic carbocycles. The number of carbonyl (C=O) groups excluding carboxylic acids is 1. The van der Waals surface area contributed by atoms with Crippen LogP contribution in [0.1, 0.15) is 28.3 Å². The number of halogens is 1. The monoisotopic (exact) mass is 370 g/mol. The minimum absolute atomic E-state index is 0.105. The van der Waals surface area contributed by atoms with Gasteiger partial charge in [0.25, 0.3) is 5.91 Å². The number of ether oxygens (including phenoxy) is 1. The number of hydrogen-bond donors (Lipinski definition) is 0. The van der Waals surface area contributed by atoms with Gasteiger partial charge in [-0.25, -0.2) is 0 Å². The van der Waals surface area contributed by atoms with Crippen LogP contribution in [0.25, 0.3) is 0 Å². The Hall–Kier alpha value is -2.04. The van der Waals surface area contributed by atoms with E-state index in [1.807, 2.05) is 47.4 Å². The first-order valence-corrected chi connectivity index (χ1v) is 9.56. The van der Waals surface area contributed by atoms with Crippen LogP contribution in [0.2, 0.25) is 5.02 Å². The fraction of sp³-hybridized carbons (Fsp3) is 0.381. The molecule has 4 nitrogen and oxygen atoms in total.